The topological polar surface area (TPSA) is 46.1 Å². The monoisotopic (exact) mass is 435 g/mol. The highest BCUT2D eigenvalue weighted by molar-refractivity contribution is 6.05. The van der Waals surface area contributed by atoms with Crippen molar-refractivity contribution in [2.24, 2.45) is 0 Å². The third-order valence-corrected chi connectivity index (χ3v) is 6.22. The quantitative estimate of drug-likeness (QED) is 0.612. The van der Waals surface area contributed by atoms with Gasteiger partial charge in [-0.25, -0.2) is 0 Å². The number of carbonyl (C=O) groups is 1. The number of anilines is 1. The number of halogens is 3. The van der Waals surface area contributed by atoms with Gasteiger partial charge in [-0.2, -0.15) is 13.2 Å². The minimum absolute atomic E-state index is 0.138. The number of nitrogens with one attached hydrogen (secondary N) is 2. The van der Waals surface area contributed by atoms with Crippen LogP contribution in [0.5, 0.6) is 0 Å². The number of hydrogen-bond acceptors (Lipinski definition) is 2. The Hall–Kier alpha value is -2.28. The molecule has 3 rings (SSSR count). The van der Waals surface area contributed by atoms with Crippen LogP contribution in [0, 0.1) is 6.92 Å². The van der Waals surface area contributed by atoms with Crippen LogP contribution < -0.4 is 10.6 Å². The highest BCUT2D eigenvalue weighted by Gasteiger charge is 2.32. The maximum absolute atomic E-state index is 13.1. The number of alkyl halides is 3. The van der Waals surface area contributed by atoms with Gasteiger partial charge in [0.1, 0.15) is 0 Å². The molecule has 170 valence electrons. The minimum atomic E-state index is -4.45. The van der Waals surface area contributed by atoms with E-state index in [0.717, 1.165) is 49.2 Å². The Morgan fingerprint density at radius 1 is 1.06 bits per heavy atom. The summed E-state index contributed by atoms with van der Waals surface area (Å²) in [4.78, 5) is 13.1. The summed E-state index contributed by atoms with van der Waals surface area (Å²) in [6.07, 6.45) is -0.245. The number of hydrogen-bond donors (Lipinski definition) is 2. The predicted molar refractivity (Wildman–Crippen MR) is 118 cm³/mol. The molecule has 0 radical (unpaired) electrons. The molecule has 2 aromatic rings. The first-order valence-corrected chi connectivity index (χ1v) is 10.8. The molecule has 0 unspecified atom stereocenters. The van der Waals surface area contributed by atoms with E-state index < -0.39 is 11.7 Å². The molecule has 0 aliphatic heterocycles. The molecule has 0 bridgehead atoms. The van der Waals surface area contributed by atoms with Crippen molar-refractivity contribution in [2.45, 2.75) is 77.1 Å². The van der Waals surface area contributed by atoms with Crippen LogP contribution in [0.2, 0.25) is 0 Å². The fraction of sp³-hybridized carbons (Fsp3) is 0.542. The van der Waals surface area contributed by atoms with Crippen molar-refractivity contribution in [2.75, 3.05) is 12.4 Å². The fourth-order valence-electron chi connectivity index (χ4n) is 4.49. The van der Waals surface area contributed by atoms with Crippen LogP contribution in [-0.2, 0) is 11.6 Å². The molecular formula is C24H32F3N3O. The minimum Gasteiger partial charge on any atom is -0.345 e. The van der Waals surface area contributed by atoms with E-state index in [9.17, 15) is 18.0 Å². The molecule has 1 heterocycles. The van der Waals surface area contributed by atoms with Gasteiger partial charge in [-0.1, -0.05) is 26.8 Å². The maximum atomic E-state index is 13.1. The summed E-state index contributed by atoms with van der Waals surface area (Å²) in [5.74, 6) is -0.384. The molecule has 1 aromatic heterocycles. The highest BCUT2D eigenvalue weighted by atomic mass is 19.4. The molecular weight excluding hydrogens is 403 g/mol. The molecule has 1 aromatic carbocycles. The fourth-order valence-corrected chi connectivity index (χ4v) is 4.49. The average molecular weight is 436 g/mol. The van der Waals surface area contributed by atoms with Crippen LogP contribution in [-0.4, -0.2) is 23.6 Å². The van der Waals surface area contributed by atoms with Crippen LogP contribution in [0.1, 0.15) is 79.8 Å². The van der Waals surface area contributed by atoms with E-state index in [1.807, 2.05) is 20.0 Å². The number of nitrogens with zero attached hydrogens (tertiary/aromatic N) is 1. The van der Waals surface area contributed by atoms with Gasteiger partial charge in [0.15, 0.2) is 0 Å². The van der Waals surface area contributed by atoms with Gasteiger partial charge in [-0.15, -0.1) is 0 Å². The summed E-state index contributed by atoms with van der Waals surface area (Å²) in [5, 5.41) is 6.01. The maximum Gasteiger partial charge on any atom is 0.416 e. The van der Waals surface area contributed by atoms with Crippen LogP contribution in [0.15, 0.2) is 30.3 Å². The Morgan fingerprint density at radius 3 is 2.26 bits per heavy atom. The lowest BCUT2D eigenvalue weighted by molar-refractivity contribution is -0.137. The van der Waals surface area contributed by atoms with Gasteiger partial charge >= 0.3 is 6.18 Å². The van der Waals surface area contributed by atoms with E-state index in [-0.39, 0.29) is 17.0 Å². The first kappa shape index (κ1) is 23.4. The molecule has 0 spiro atoms. The van der Waals surface area contributed by atoms with E-state index in [1.165, 1.54) is 12.1 Å². The van der Waals surface area contributed by atoms with Gasteiger partial charge in [0, 0.05) is 34.6 Å². The Kier molecular flexibility index (Phi) is 6.56. The largest absolute Gasteiger partial charge is 0.416 e. The number of carbonyl (C=O) groups excluding carboxylic acids is 1. The molecule has 1 aliphatic carbocycles. The van der Waals surface area contributed by atoms with Gasteiger partial charge in [0.2, 0.25) is 0 Å². The van der Waals surface area contributed by atoms with Gasteiger partial charge < -0.3 is 15.2 Å². The standard InChI is InChI=1S/C24H32F3N3O/c1-15-20(22(31)29-18-8-6-7-16(13-18)24(25,26)27)14-21(23(2,3)4)30(15)19-11-9-17(28-5)10-12-19/h6-8,13-14,17,19,28H,9-12H2,1-5H3,(H,29,31)/t17-,19-. The van der Waals surface area contributed by atoms with Crippen LogP contribution >= 0.6 is 0 Å². The molecule has 7 heteroatoms. The lowest BCUT2D eigenvalue weighted by Gasteiger charge is -2.34. The zero-order valence-corrected chi connectivity index (χ0v) is 18.9. The summed E-state index contributed by atoms with van der Waals surface area (Å²) in [7, 11) is 1.99. The smallest absolute Gasteiger partial charge is 0.345 e. The summed E-state index contributed by atoms with van der Waals surface area (Å²) < 4.78 is 41.3. The van der Waals surface area contributed by atoms with Gasteiger partial charge in [0.05, 0.1) is 11.1 Å². The van der Waals surface area contributed by atoms with Crippen LogP contribution in [0.25, 0.3) is 0 Å². The van der Waals surface area contributed by atoms with Crippen LogP contribution in [0.3, 0.4) is 0 Å². The van der Waals surface area contributed by atoms with Gasteiger partial charge in [-0.05, 0) is 63.9 Å². The number of benzene rings is 1. The number of rotatable bonds is 4. The third-order valence-electron chi connectivity index (χ3n) is 6.22. The Balaban J connectivity index is 1.91. The van der Waals surface area contributed by atoms with Crippen molar-refractivity contribution in [3.63, 3.8) is 0 Å². The summed E-state index contributed by atoms with van der Waals surface area (Å²) in [5.41, 5.74) is 1.64. The van der Waals surface area contributed by atoms with Gasteiger partial charge in [-0.3, -0.25) is 4.79 Å². The number of aromatic nitrogens is 1. The normalized spacial score (nSPS) is 20.0. The van der Waals surface area contributed by atoms with E-state index in [2.05, 4.69) is 36.0 Å². The third kappa shape index (κ3) is 5.14. The second-order valence-electron chi connectivity index (χ2n) is 9.48. The summed E-state index contributed by atoms with van der Waals surface area (Å²) in [6, 6.07) is 7.48. The van der Waals surface area contributed by atoms with E-state index in [4.69, 9.17) is 0 Å². The molecule has 1 amide bonds. The molecule has 4 nitrogen and oxygen atoms in total. The van der Waals surface area contributed by atoms with E-state index >= 15 is 0 Å². The van der Waals surface area contributed by atoms with Gasteiger partial charge in [0.25, 0.3) is 5.91 Å². The van der Waals surface area contributed by atoms with Crippen molar-refractivity contribution in [1.82, 2.24) is 9.88 Å². The zero-order valence-electron chi connectivity index (χ0n) is 18.9. The van der Waals surface area contributed by atoms with Crippen molar-refractivity contribution in [3.8, 4) is 0 Å². The molecule has 0 saturated heterocycles. The molecule has 2 N–H and O–H groups in total. The molecule has 1 aliphatic rings. The average Bonchev–Trinajstić information content (AvgIpc) is 3.05. The first-order chi connectivity index (χ1) is 14.4. The van der Waals surface area contributed by atoms with E-state index in [0.29, 0.717) is 17.6 Å². The molecule has 1 saturated carbocycles. The van der Waals surface area contributed by atoms with Crippen molar-refractivity contribution in [1.29, 1.82) is 0 Å². The van der Waals surface area contributed by atoms with E-state index in [1.54, 1.807) is 0 Å². The molecule has 31 heavy (non-hydrogen) atoms. The van der Waals surface area contributed by atoms with Crippen molar-refractivity contribution >= 4 is 11.6 Å². The van der Waals surface area contributed by atoms with Crippen LogP contribution in [0.4, 0.5) is 18.9 Å². The first-order valence-electron chi connectivity index (χ1n) is 10.8. The Labute approximate surface area is 182 Å². The SMILES string of the molecule is CN[C@H]1CC[C@H](n2c(C(C)(C)C)cc(C(=O)Nc3cccc(C(F)(F)F)c3)c2C)CC1. The number of amides is 1. The second kappa shape index (κ2) is 8.69. The Morgan fingerprint density at radius 2 is 1.71 bits per heavy atom. The highest BCUT2D eigenvalue weighted by Crippen LogP contribution is 2.37. The summed E-state index contributed by atoms with van der Waals surface area (Å²) in [6.45, 7) is 8.28. The van der Waals surface area contributed by atoms with Crippen molar-refractivity contribution < 1.29 is 18.0 Å². The lowest BCUT2D eigenvalue weighted by atomic mass is 9.88. The second-order valence-corrected chi connectivity index (χ2v) is 9.48. The lowest BCUT2D eigenvalue weighted by Crippen LogP contribution is -2.32. The molecule has 0 atom stereocenters. The zero-order chi connectivity index (χ0) is 23.0. The molecule has 1 fully saturated rings. The van der Waals surface area contributed by atoms with Crippen molar-refractivity contribution in [3.05, 3.63) is 52.8 Å². The Bertz CT molecular complexity index is 933. The predicted octanol–water partition coefficient (Wildman–Crippen LogP) is 6.07. The summed E-state index contributed by atoms with van der Waals surface area (Å²) >= 11 is 0.